The van der Waals surface area contributed by atoms with E-state index >= 15 is 0 Å². The van der Waals surface area contributed by atoms with Gasteiger partial charge in [0.2, 0.25) is 0 Å². The summed E-state index contributed by atoms with van der Waals surface area (Å²) in [7, 11) is 0. The first-order valence-electron chi connectivity index (χ1n) is 6.43. The fourth-order valence-corrected chi connectivity index (χ4v) is 2.99. The molecule has 3 rings (SSSR count). The number of carbonyl (C=O) groups is 1. The minimum absolute atomic E-state index is 0.385. The molecular formula is C14H17NO3. The van der Waals surface area contributed by atoms with Crippen molar-refractivity contribution in [3.05, 3.63) is 29.8 Å². The lowest BCUT2D eigenvalue weighted by atomic mass is 10.0. The highest BCUT2D eigenvalue weighted by atomic mass is 16.5. The predicted molar refractivity (Wildman–Crippen MR) is 68.0 cm³/mol. The van der Waals surface area contributed by atoms with E-state index in [1.807, 2.05) is 24.3 Å². The normalized spacial score (nSPS) is 24.0. The van der Waals surface area contributed by atoms with E-state index in [-0.39, 0.29) is 5.92 Å². The summed E-state index contributed by atoms with van der Waals surface area (Å²) in [4.78, 5) is 13.6. The first-order chi connectivity index (χ1) is 8.77. The second kappa shape index (κ2) is 4.61. The zero-order chi connectivity index (χ0) is 12.5. The fourth-order valence-electron chi connectivity index (χ4n) is 2.99. The van der Waals surface area contributed by atoms with E-state index in [9.17, 15) is 9.90 Å². The average Bonchev–Trinajstić information content (AvgIpc) is 2.79. The van der Waals surface area contributed by atoms with Gasteiger partial charge in [0.05, 0.1) is 0 Å². The molecule has 0 radical (unpaired) electrons. The van der Waals surface area contributed by atoms with Gasteiger partial charge in [0.1, 0.15) is 5.92 Å². The Balaban J connectivity index is 1.91. The molecule has 0 aromatic heterocycles. The largest absolute Gasteiger partial charge is 0.481 e. The molecule has 0 aliphatic carbocycles. The van der Waals surface area contributed by atoms with Crippen molar-refractivity contribution in [2.75, 3.05) is 24.7 Å². The molecule has 18 heavy (non-hydrogen) atoms. The van der Waals surface area contributed by atoms with E-state index in [1.54, 1.807) is 0 Å². The van der Waals surface area contributed by atoms with E-state index < -0.39 is 5.97 Å². The molecule has 1 atom stereocenters. The third-order valence-corrected chi connectivity index (χ3v) is 3.93. The van der Waals surface area contributed by atoms with Gasteiger partial charge in [-0.1, -0.05) is 18.2 Å². The van der Waals surface area contributed by atoms with E-state index in [1.165, 1.54) is 0 Å². The summed E-state index contributed by atoms with van der Waals surface area (Å²) in [6.45, 7) is 2.15. The van der Waals surface area contributed by atoms with Gasteiger partial charge in [-0.25, -0.2) is 0 Å². The molecular weight excluding hydrogens is 230 g/mol. The first kappa shape index (κ1) is 11.5. The SMILES string of the molecule is O=C(O)C1CN(C2CCOCC2)c2ccccc21. The Labute approximate surface area is 106 Å². The number of rotatable bonds is 2. The van der Waals surface area contributed by atoms with Crippen molar-refractivity contribution in [3.63, 3.8) is 0 Å². The monoisotopic (exact) mass is 247 g/mol. The summed E-state index contributed by atoms with van der Waals surface area (Å²) in [5.74, 6) is -1.11. The maximum atomic E-state index is 11.3. The molecule has 1 N–H and O–H groups in total. The second-order valence-electron chi connectivity index (χ2n) is 4.95. The van der Waals surface area contributed by atoms with Gasteiger partial charge < -0.3 is 14.7 Å². The molecule has 1 saturated heterocycles. The Morgan fingerprint density at radius 2 is 2.00 bits per heavy atom. The van der Waals surface area contributed by atoms with Gasteiger partial charge in [0.15, 0.2) is 0 Å². The first-order valence-corrected chi connectivity index (χ1v) is 6.43. The number of benzene rings is 1. The number of para-hydroxylation sites is 1. The maximum Gasteiger partial charge on any atom is 0.312 e. The van der Waals surface area contributed by atoms with Crippen LogP contribution in [0.2, 0.25) is 0 Å². The van der Waals surface area contributed by atoms with Crippen LogP contribution in [0.3, 0.4) is 0 Å². The quantitative estimate of drug-likeness (QED) is 0.866. The van der Waals surface area contributed by atoms with E-state index in [4.69, 9.17) is 4.74 Å². The molecule has 1 aromatic rings. The number of hydrogen-bond acceptors (Lipinski definition) is 3. The Morgan fingerprint density at radius 1 is 1.28 bits per heavy atom. The highest BCUT2D eigenvalue weighted by Gasteiger charge is 2.36. The molecule has 1 fully saturated rings. The lowest BCUT2D eigenvalue weighted by Crippen LogP contribution is -2.39. The zero-order valence-electron chi connectivity index (χ0n) is 10.2. The van der Waals surface area contributed by atoms with Crippen molar-refractivity contribution in [3.8, 4) is 0 Å². The topological polar surface area (TPSA) is 49.8 Å². The van der Waals surface area contributed by atoms with Crippen LogP contribution in [0.5, 0.6) is 0 Å². The number of carboxylic acid groups (broad SMARTS) is 1. The van der Waals surface area contributed by atoms with Gasteiger partial charge in [0, 0.05) is 31.5 Å². The van der Waals surface area contributed by atoms with Gasteiger partial charge in [-0.2, -0.15) is 0 Å². The summed E-state index contributed by atoms with van der Waals surface area (Å²) in [6, 6.07) is 8.29. The predicted octanol–water partition coefficient (Wildman–Crippen LogP) is 1.85. The Hall–Kier alpha value is -1.55. The van der Waals surface area contributed by atoms with Crippen LogP contribution < -0.4 is 4.90 Å². The number of hydrogen-bond donors (Lipinski definition) is 1. The summed E-state index contributed by atoms with van der Waals surface area (Å²) in [5.41, 5.74) is 2.05. The molecule has 2 heterocycles. The molecule has 2 aliphatic heterocycles. The average molecular weight is 247 g/mol. The number of nitrogens with zero attached hydrogens (tertiary/aromatic N) is 1. The number of carboxylic acids is 1. The maximum absolute atomic E-state index is 11.3. The highest BCUT2D eigenvalue weighted by Crippen LogP contribution is 2.38. The van der Waals surface area contributed by atoms with Crippen molar-refractivity contribution < 1.29 is 14.6 Å². The smallest absolute Gasteiger partial charge is 0.312 e. The molecule has 0 amide bonds. The van der Waals surface area contributed by atoms with Crippen LogP contribution in [0.1, 0.15) is 24.3 Å². The number of fused-ring (bicyclic) bond motifs is 1. The standard InChI is InChI=1S/C14H17NO3/c16-14(17)12-9-15(10-5-7-18-8-6-10)13-4-2-1-3-11(12)13/h1-4,10,12H,5-9H2,(H,16,17). The van der Waals surface area contributed by atoms with Crippen LogP contribution in [0.25, 0.3) is 0 Å². The molecule has 0 bridgehead atoms. The third-order valence-electron chi connectivity index (χ3n) is 3.93. The minimum Gasteiger partial charge on any atom is -0.481 e. The van der Waals surface area contributed by atoms with Crippen LogP contribution in [0.4, 0.5) is 5.69 Å². The summed E-state index contributed by atoms with van der Waals surface area (Å²) < 4.78 is 5.38. The second-order valence-corrected chi connectivity index (χ2v) is 4.95. The van der Waals surface area contributed by atoms with Crippen LogP contribution in [-0.2, 0) is 9.53 Å². The van der Waals surface area contributed by atoms with Crippen molar-refractivity contribution in [2.45, 2.75) is 24.8 Å². The van der Waals surface area contributed by atoms with Crippen molar-refractivity contribution >= 4 is 11.7 Å². The van der Waals surface area contributed by atoms with Gasteiger partial charge in [-0.3, -0.25) is 4.79 Å². The lowest BCUT2D eigenvalue weighted by Gasteiger charge is -2.33. The molecule has 1 unspecified atom stereocenters. The highest BCUT2D eigenvalue weighted by molar-refractivity contribution is 5.83. The Morgan fingerprint density at radius 3 is 2.72 bits per heavy atom. The zero-order valence-corrected chi connectivity index (χ0v) is 10.2. The van der Waals surface area contributed by atoms with Crippen LogP contribution in [0, 0.1) is 0 Å². The Bertz CT molecular complexity index is 454. The Kier molecular flexibility index (Phi) is 2.96. The lowest BCUT2D eigenvalue weighted by molar-refractivity contribution is -0.138. The van der Waals surface area contributed by atoms with Crippen LogP contribution in [0.15, 0.2) is 24.3 Å². The molecule has 2 aliphatic rings. The molecule has 96 valence electrons. The van der Waals surface area contributed by atoms with Gasteiger partial charge in [0.25, 0.3) is 0 Å². The van der Waals surface area contributed by atoms with Crippen molar-refractivity contribution in [1.82, 2.24) is 0 Å². The molecule has 0 saturated carbocycles. The molecule has 4 nitrogen and oxygen atoms in total. The number of anilines is 1. The van der Waals surface area contributed by atoms with Gasteiger partial charge in [-0.15, -0.1) is 0 Å². The molecule has 1 aromatic carbocycles. The summed E-state index contributed by atoms with van der Waals surface area (Å²) >= 11 is 0. The number of aliphatic carboxylic acids is 1. The van der Waals surface area contributed by atoms with E-state index in [0.29, 0.717) is 12.6 Å². The number of ether oxygens (including phenoxy) is 1. The summed E-state index contributed by atoms with van der Waals surface area (Å²) in [6.07, 6.45) is 1.97. The van der Waals surface area contributed by atoms with E-state index in [0.717, 1.165) is 37.3 Å². The van der Waals surface area contributed by atoms with Gasteiger partial charge in [-0.05, 0) is 24.5 Å². The minimum atomic E-state index is -0.725. The van der Waals surface area contributed by atoms with Gasteiger partial charge >= 0.3 is 5.97 Å². The van der Waals surface area contributed by atoms with Crippen LogP contribution >= 0.6 is 0 Å². The fraction of sp³-hybridized carbons (Fsp3) is 0.500. The molecule has 0 spiro atoms. The van der Waals surface area contributed by atoms with Crippen molar-refractivity contribution in [1.29, 1.82) is 0 Å². The van der Waals surface area contributed by atoms with E-state index in [2.05, 4.69) is 4.90 Å². The third kappa shape index (κ3) is 1.86. The summed E-state index contributed by atoms with van der Waals surface area (Å²) in [5, 5.41) is 9.32. The molecule has 4 heteroatoms. The van der Waals surface area contributed by atoms with Crippen molar-refractivity contribution in [2.24, 2.45) is 0 Å². The van der Waals surface area contributed by atoms with Crippen LogP contribution in [-0.4, -0.2) is 36.9 Å².